The molecule has 0 spiro atoms. The van der Waals surface area contributed by atoms with Gasteiger partial charge in [-0.15, -0.1) is 24.0 Å². The zero-order chi connectivity index (χ0) is 18.0. The van der Waals surface area contributed by atoms with Crippen molar-refractivity contribution in [3.8, 4) is 0 Å². The van der Waals surface area contributed by atoms with Crippen LogP contribution in [-0.4, -0.2) is 52.0 Å². The molecule has 1 aromatic rings. The molecule has 0 aliphatic heterocycles. The predicted molar refractivity (Wildman–Crippen MR) is 121 cm³/mol. The second kappa shape index (κ2) is 18.9. The van der Waals surface area contributed by atoms with Gasteiger partial charge in [-0.3, -0.25) is 4.99 Å². The fraction of sp³-hybridized carbons (Fsp3) is 0.650. The highest BCUT2D eigenvalue weighted by molar-refractivity contribution is 14.0. The summed E-state index contributed by atoms with van der Waals surface area (Å²) in [5.74, 6) is 0.893. The molecule has 0 saturated heterocycles. The SMILES string of the molecule is CCNC(=NCCCOCC)NCCCCOCCc1ccccc1.I. The van der Waals surface area contributed by atoms with Gasteiger partial charge in [-0.2, -0.15) is 0 Å². The molecule has 2 N–H and O–H groups in total. The molecule has 0 bridgehead atoms. The Kier molecular flexibility index (Phi) is 18.3. The van der Waals surface area contributed by atoms with Crippen LogP contribution in [0, 0.1) is 0 Å². The minimum absolute atomic E-state index is 0. The first-order valence-electron chi connectivity index (χ1n) is 9.58. The minimum Gasteiger partial charge on any atom is -0.382 e. The van der Waals surface area contributed by atoms with Crippen LogP contribution >= 0.6 is 24.0 Å². The second-order valence-corrected chi connectivity index (χ2v) is 5.79. The molecule has 0 radical (unpaired) electrons. The molecule has 0 aromatic heterocycles. The van der Waals surface area contributed by atoms with Crippen molar-refractivity contribution >= 4 is 29.9 Å². The molecule has 5 nitrogen and oxygen atoms in total. The summed E-state index contributed by atoms with van der Waals surface area (Å²) in [7, 11) is 0. The lowest BCUT2D eigenvalue weighted by Crippen LogP contribution is -2.38. The minimum atomic E-state index is 0. The largest absolute Gasteiger partial charge is 0.382 e. The molecule has 0 fully saturated rings. The Labute approximate surface area is 176 Å². The van der Waals surface area contributed by atoms with Gasteiger partial charge in [0, 0.05) is 39.5 Å². The van der Waals surface area contributed by atoms with E-state index in [2.05, 4.69) is 46.8 Å². The van der Waals surface area contributed by atoms with Crippen molar-refractivity contribution in [1.29, 1.82) is 0 Å². The maximum absolute atomic E-state index is 5.71. The van der Waals surface area contributed by atoms with Crippen LogP contribution in [-0.2, 0) is 15.9 Å². The molecule has 0 aliphatic carbocycles. The van der Waals surface area contributed by atoms with Gasteiger partial charge in [0.25, 0.3) is 0 Å². The summed E-state index contributed by atoms with van der Waals surface area (Å²) in [5.41, 5.74) is 1.33. The third kappa shape index (κ3) is 14.3. The Balaban J connectivity index is 0.00000625. The van der Waals surface area contributed by atoms with E-state index in [0.717, 1.165) is 77.7 Å². The number of rotatable bonds is 14. The zero-order valence-electron chi connectivity index (χ0n) is 16.3. The van der Waals surface area contributed by atoms with Gasteiger partial charge in [0.15, 0.2) is 5.96 Å². The van der Waals surface area contributed by atoms with Crippen LogP contribution < -0.4 is 10.6 Å². The van der Waals surface area contributed by atoms with Gasteiger partial charge < -0.3 is 20.1 Å². The van der Waals surface area contributed by atoms with Crippen molar-refractivity contribution in [3.63, 3.8) is 0 Å². The molecule has 6 heteroatoms. The predicted octanol–water partition coefficient (Wildman–Crippen LogP) is 3.63. The summed E-state index contributed by atoms with van der Waals surface area (Å²) in [6.45, 7) is 9.84. The lowest BCUT2D eigenvalue weighted by Gasteiger charge is -2.11. The molecule has 150 valence electrons. The van der Waals surface area contributed by atoms with E-state index in [1.54, 1.807) is 0 Å². The molecular formula is C20H36IN3O2. The number of guanidine groups is 1. The first-order chi connectivity index (χ1) is 12.4. The van der Waals surface area contributed by atoms with Crippen LogP contribution in [0.3, 0.4) is 0 Å². The normalized spacial score (nSPS) is 11.1. The molecule has 0 heterocycles. The molecule has 0 saturated carbocycles. The number of halogens is 1. The van der Waals surface area contributed by atoms with Gasteiger partial charge in [0.1, 0.15) is 0 Å². The van der Waals surface area contributed by atoms with Gasteiger partial charge >= 0.3 is 0 Å². The maximum Gasteiger partial charge on any atom is 0.191 e. The van der Waals surface area contributed by atoms with E-state index < -0.39 is 0 Å². The second-order valence-electron chi connectivity index (χ2n) is 5.79. The molecular weight excluding hydrogens is 441 g/mol. The summed E-state index contributed by atoms with van der Waals surface area (Å²) in [6, 6.07) is 10.5. The van der Waals surface area contributed by atoms with Gasteiger partial charge in [-0.25, -0.2) is 0 Å². The Morgan fingerprint density at radius 2 is 1.69 bits per heavy atom. The van der Waals surface area contributed by atoms with E-state index in [1.165, 1.54) is 5.56 Å². The number of nitrogens with one attached hydrogen (secondary N) is 2. The summed E-state index contributed by atoms with van der Waals surface area (Å²) in [4.78, 5) is 4.55. The average Bonchev–Trinajstić information content (AvgIpc) is 2.64. The third-order valence-electron chi connectivity index (χ3n) is 3.65. The van der Waals surface area contributed by atoms with E-state index >= 15 is 0 Å². The van der Waals surface area contributed by atoms with Crippen molar-refractivity contribution in [3.05, 3.63) is 35.9 Å². The first-order valence-corrected chi connectivity index (χ1v) is 9.58. The highest BCUT2D eigenvalue weighted by atomic mass is 127. The van der Waals surface area contributed by atoms with Crippen LogP contribution in [0.5, 0.6) is 0 Å². The van der Waals surface area contributed by atoms with E-state index in [1.807, 2.05) is 13.0 Å². The number of aliphatic imine (C=N–C) groups is 1. The van der Waals surface area contributed by atoms with Crippen molar-refractivity contribution in [2.45, 2.75) is 39.5 Å². The van der Waals surface area contributed by atoms with Gasteiger partial charge in [0.05, 0.1) is 6.61 Å². The molecule has 0 unspecified atom stereocenters. The summed E-state index contributed by atoms with van der Waals surface area (Å²) in [6.07, 6.45) is 4.08. The number of benzene rings is 1. The quantitative estimate of drug-likeness (QED) is 0.186. The first kappa shape index (κ1) is 25.1. The maximum atomic E-state index is 5.71. The van der Waals surface area contributed by atoms with E-state index in [-0.39, 0.29) is 24.0 Å². The highest BCUT2D eigenvalue weighted by Crippen LogP contribution is 2.00. The van der Waals surface area contributed by atoms with Crippen molar-refractivity contribution in [2.75, 3.05) is 46.1 Å². The molecule has 1 rings (SSSR count). The Bertz CT molecular complexity index is 444. The zero-order valence-corrected chi connectivity index (χ0v) is 18.7. The molecule has 0 atom stereocenters. The summed E-state index contributed by atoms with van der Waals surface area (Å²) in [5, 5.41) is 6.64. The van der Waals surface area contributed by atoms with Crippen molar-refractivity contribution < 1.29 is 9.47 Å². The number of ether oxygens (including phenoxy) is 2. The Hall–Kier alpha value is -0.860. The highest BCUT2D eigenvalue weighted by Gasteiger charge is 1.97. The standard InChI is InChI=1S/C20H35N3O2.HI/c1-3-21-20(23-15-10-17-24-4-2)22-14-8-9-16-25-18-13-19-11-6-5-7-12-19;/h5-7,11-12H,3-4,8-10,13-18H2,1-2H3,(H2,21,22,23);1H. The number of unbranched alkanes of at least 4 members (excludes halogenated alkanes) is 1. The Morgan fingerprint density at radius 1 is 0.923 bits per heavy atom. The summed E-state index contributed by atoms with van der Waals surface area (Å²) < 4.78 is 11.0. The third-order valence-corrected chi connectivity index (χ3v) is 3.65. The van der Waals surface area contributed by atoms with Crippen LogP contribution in [0.15, 0.2) is 35.3 Å². The lowest BCUT2D eigenvalue weighted by atomic mass is 10.2. The topological polar surface area (TPSA) is 54.9 Å². The van der Waals surface area contributed by atoms with Gasteiger partial charge in [-0.1, -0.05) is 30.3 Å². The molecule has 1 aromatic carbocycles. The number of nitrogens with zero attached hydrogens (tertiary/aromatic N) is 1. The van der Waals surface area contributed by atoms with Crippen molar-refractivity contribution in [1.82, 2.24) is 10.6 Å². The van der Waals surface area contributed by atoms with E-state index in [9.17, 15) is 0 Å². The van der Waals surface area contributed by atoms with Crippen LogP contribution in [0.25, 0.3) is 0 Å². The molecule has 0 amide bonds. The fourth-order valence-electron chi connectivity index (χ4n) is 2.32. The van der Waals surface area contributed by atoms with Crippen LogP contribution in [0.4, 0.5) is 0 Å². The molecule has 0 aliphatic rings. The van der Waals surface area contributed by atoms with Gasteiger partial charge in [0.2, 0.25) is 0 Å². The fourth-order valence-corrected chi connectivity index (χ4v) is 2.32. The van der Waals surface area contributed by atoms with E-state index in [4.69, 9.17) is 9.47 Å². The number of hydrogen-bond donors (Lipinski definition) is 2. The molecule has 26 heavy (non-hydrogen) atoms. The Morgan fingerprint density at radius 3 is 2.42 bits per heavy atom. The lowest BCUT2D eigenvalue weighted by molar-refractivity contribution is 0.133. The van der Waals surface area contributed by atoms with E-state index in [0.29, 0.717) is 0 Å². The smallest absolute Gasteiger partial charge is 0.191 e. The summed E-state index contributed by atoms with van der Waals surface area (Å²) >= 11 is 0. The monoisotopic (exact) mass is 477 g/mol. The van der Waals surface area contributed by atoms with Crippen LogP contribution in [0.2, 0.25) is 0 Å². The van der Waals surface area contributed by atoms with Crippen LogP contribution in [0.1, 0.15) is 38.7 Å². The van der Waals surface area contributed by atoms with Gasteiger partial charge in [-0.05, 0) is 45.1 Å². The number of hydrogen-bond acceptors (Lipinski definition) is 3. The van der Waals surface area contributed by atoms with Crippen molar-refractivity contribution in [2.24, 2.45) is 4.99 Å². The average molecular weight is 477 g/mol.